The number of aromatic nitrogens is 5. The highest BCUT2D eigenvalue weighted by Crippen LogP contribution is 2.36. The van der Waals surface area contributed by atoms with Gasteiger partial charge in [-0.05, 0) is 50.8 Å². The third-order valence-corrected chi connectivity index (χ3v) is 9.46. The molecule has 1 aliphatic carbocycles. The zero-order valence-electron chi connectivity index (χ0n) is 23.5. The summed E-state index contributed by atoms with van der Waals surface area (Å²) in [5.74, 6) is -0.385. The highest BCUT2D eigenvalue weighted by molar-refractivity contribution is 7.21. The average molecular weight is 597 g/mol. The summed E-state index contributed by atoms with van der Waals surface area (Å²) in [7, 11) is 1.51. The molecule has 4 heterocycles. The molecule has 0 spiro atoms. The molecule has 0 bridgehead atoms. The van der Waals surface area contributed by atoms with Crippen LogP contribution in [0, 0.1) is 12.7 Å². The van der Waals surface area contributed by atoms with Crippen molar-refractivity contribution in [3.8, 4) is 10.8 Å². The minimum Gasteiger partial charge on any atom is -0.496 e. The minimum absolute atomic E-state index is 0.0216. The second kappa shape index (κ2) is 11.8. The second-order valence-electron chi connectivity index (χ2n) is 10.8. The number of carbonyl (C=O) groups excluding carboxylic acids is 1. The van der Waals surface area contributed by atoms with E-state index in [9.17, 15) is 18.8 Å². The van der Waals surface area contributed by atoms with Crippen LogP contribution in [0.4, 0.5) is 4.39 Å². The zero-order valence-corrected chi connectivity index (χ0v) is 24.4. The number of rotatable bonds is 8. The molecule has 4 aromatic rings. The van der Waals surface area contributed by atoms with E-state index in [0.717, 1.165) is 36.7 Å². The third kappa shape index (κ3) is 5.15. The Morgan fingerprint density at radius 3 is 2.57 bits per heavy atom. The number of ether oxygens (including phenoxy) is 2. The second-order valence-corrected chi connectivity index (χ2v) is 11.8. The van der Waals surface area contributed by atoms with Gasteiger partial charge in [0.25, 0.3) is 5.56 Å². The number of thiophene rings is 1. The number of aryl methyl sites for hydroxylation is 1. The van der Waals surface area contributed by atoms with Crippen molar-refractivity contribution in [3.63, 3.8) is 0 Å². The van der Waals surface area contributed by atoms with E-state index >= 15 is 0 Å². The Labute approximate surface area is 244 Å². The maximum Gasteiger partial charge on any atom is 0.332 e. The predicted molar refractivity (Wildman–Crippen MR) is 155 cm³/mol. The van der Waals surface area contributed by atoms with Crippen molar-refractivity contribution in [3.05, 3.63) is 68.4 Å². The number of benzene rings is 1. The standard InChI is InChI=1S/C29H33FN6O5S/c1-17-24-26(38)35(21-9-6-12-31-25(21)37)29(39)34(28(24)42-27(17)36-32-13-14-33-36)16-23(41-19-7-4-3-5-8-19)20-15-18(30)10-11-22(20)40-2/h10-11,13-15,19,21,23H,3-9,12,16H2,1-2H3,(H,31,37)/t21-,23+/m1/s1. The Morgan fingerprint density at radius 1 is 1.10 bits per heavy atom. The SMILES string of the molecule is COc1ccc(F)cc1[C@H](Cn1c(=O)n([C@@H]2CCCNC2=O)c(=O)c2c(C)c(-n3nccn3)sc21)OC1CCCCC1. The van der Waals surface area contributed by atoms with Gasteiger partial charge in [0.05, 0.1) is 37.5 Å². The maximum absolute atomic E-state index is 14.6. The smallest absolute Gasteiger partial charge is 0.332 e. The van der Waals surface area contributed by atoms with Crippen LogP contribution >= 0.6 is 11.3 Å². The zero-order chi connectivity index (χ0) is 29.4. The van der Waals surface area contributed by atoms with Crippen LogP contribution in [0.2, 0.25) is 0 Å². The molecule has 1 aromatic carbocycles. The largest absolute Gasteiger partial charge is 0.496 e. The number of nitrogens with one attached hydrogen (secondary N) is 1. The van der Waals surface area contributed by atoms with Crippen molar-refractivity contribution < 1.29 is 18.7 Å². The highest BCUT2D eigenvalue weighted by Gasteiger charge is 2.32. The minimum atomic E-state index is -0.943. The first-order chi connectivity index (χ1) is 20.4. The highest BCUT2D eigenvalue weighted by atomic mass is 32.1. The van der Waals surface area contributed by atoms with Crippen LogP contribution in [-0.2, 0) is 16.1 Å². The number of amides is 1. The molecule has 1 saturated carbocycles. The fourth-order valence-corrected chi connectivity index (χ4v) is 7.29. The number of carbonyl (C=O) groups is 1. The Hall–Kier alpha value is -3.84. The van der Waals surface area contributed by atoms with Crippen LogP contribution < -0.4 is 21.3 Å². The van der Waals surface area contributed by atoms with Crippen molar-refractivity contribution in [1.29, 1.82) is 0 Å². The van der Waals surface area contributed by atoms with E-state index in [-0.39, 0.29) is 18.6 Å². The van der Waals surface area contributed by atoms with Crippen molar-refractivity contribution in [1.82, 2.24) is 29.4 Å². The molecule has 3 aromatic heterocycles. The van der Waals surface area contributed by atoms with E-state index in [2.05, 4.69) is 15.5 Å². The molecule has 1 saturated heterocycles. The van der Waals surface area contributed by atoms with Gasteiger partial charge < -0.3 is 14.8 Å². The molecule has 1 aliphatic heterocycles. The number of hydrogen-bond donors (Lipinski definition) is 1. The lowest BCUT2D eigenvalue weighted by Crippen LogP contribution is -2.49. The summed E-state index contributed by atoms with van der Waals surface area (Å²) in [6, 6.07) is 3.29. The number of piperidine rings is 1. The van der Waals surface area contributed by atoms with E-state index in [1.165, 1.54) is 52.3 Å². The normalized spacial score (nSPS) is 18.7. The molecule has 0 unspecified atom stereocenters. The number of fused-ring (bicyclic) bond motifs is 1. The molecule has 13 heteroatoms. The monoisotopic (exact) mass is 596 g/mol. The number of nitrogens with zero attached hydrogens (tertiary/aromatic N) is 5. The number of methoxy groups -OCH3 is 1. The topological polar surface area (TPSA) is 122 Å². The summed E-state index contributed by atoms with van der Waals surface area (Å²) >= 11 is 1.22. The van der Waals surface area contributed by atoms with Crippen LogP contribution in [0.5, 0.6) is 5.75 Å². The number of halogens is 1. The molecule has 11 nitrogen and oxygen atoms in total. The van der Waals surface area contributed by atoms with Crippen molar-refractivity contribution in [2.24, 2.45) is 0 Å². The summed E-state index contributed by atoms with van der Waals surface area (Å²) in [4.78, 5) is 43.0. The summed E-state index contributed by atoms with van der Waals surface area (Å²) in [5, 5.41) is 12.2. The van der Waals surface area contributed by atoms with Gasteiger partial charge in [0.2, 0.25) is 5.91 Å². The van der Waals surface area contributed by atoms with E-state index in [4.69, 9.17) is 9.47 Å². The van der Waals surface area contributed by atoms with Crippen LogP contribution in [-0.4, -0.2) is 49.8 Å². The van der Waals surface area contributed by atoms with Crippen molar-refractivity contribution in [2.75, 3.05) is 13.7 Å². The molecule has 222 valence electrons. The van der Waals surface area contributed by atoms with Gasteiger partial charge in [-0.3, -0.25) is 14.2 Å². The van der Waals surface area contributed by atoms with Crippen molar-refractivity contribution >= 4 is 27.5 Å². The quantitative estimate of drug-likeness (QED) is 0.328. The lowest BCUT2D eigenvalue weighted by atomic mass is 9.97. The van der Waals surface area contributed by atoms with Gasteiger partial charge >= 0.3 is 5.69 Å². The van der Waals surface area contributed by atoms with Crippen LogP contribution in [0.25, 0.3) is 15.2 Å². The van der Waals surface area contributed by atoms with Crippen LogP contribution in [0.15, 0.2) is 40.2 Å². The van der Waals surface area contributed by atoms with E-state index in [0.29, 0.717) is 51.5 Å². The average Bonchev–Trinajstić information content (AvgIpc) is 3.64. The maximum atomic E-state index is 14.6. The molecule has 1 amide bonds. The Kier molecular flexibility index (Phi) is 7.95. The summed E-state index contributed by atoms with van der Waals surface area (Å²) in [5.41, 5.74) is -0.0848. The Balaban J connectivity index is 1.57. The molecular formula is C29H33FN6O5S. The molecule has 0 radical (unpaired) electrons. The summed E-state index contributed by atoms with van der Waals surface area (Å²) in [6.45, 7) is 2.25. The van der Waals surface area contributed by atoms with Gasteiger partial charge in [0, 0.05) is 17.7 Å². The predicted octanol–water partition coefficient (Wildman–Crippen LogP) is 3.80. The molecule has 2 fully saturated rings. The first kappa shape index (κ1) is 28.3. The Morgan fingerprint density at radius 2 is 1.86 bits per heavy atom. The molecule has 42 heavy (non-hydrogen) atoms. The number of hydrogen-bond acceptors (Lipinski definition) is 8. The van der Waals surface area contributed by atoms with Gasteiger partial charge in [-0.1, -0.05) is 30.6 Å². The van der Waals surface area contributed by atoms with E-state index in [1.807, 2.05) is 0 Å². The van der Waals surface area contributed by atoms with Crippen LogP contribution in [0.1, 0.15) is 68.2 Å². The first-order valence-electron chi connectivity index (χ1n) is 14.3. The molecule has 2 atom stereocenters. The molecule has 2 aliphatic rings. The van der Waals surface area contributed by atoms with Crippen molar-refractivity contribution in [2.45, 2.75) is 76.7 Å². The molecule has 6 rings (SSSR count). The summed E-state index contributed by atoms with van der Waals surface area (Å²) < 4.78 is 29.4. The van der Waals surface area contributed by atoms with E-state index < -0.39 is 29.2 Å². The van der Waals surface area contributed by atoms with E-state index in [1.54, 1.807) is 13.0 Å². The fraction of sp³-hybridized carbons (Fsp3) is 0.483. The van der Waals surface area contributed by atoms with Gasteiger partial charge in [-0.25, -0.2) is 13.8 Å². The summed E-state index contributed by atoms with van der Waals surface area (Å²) in [6.07, 6.45) is 8.11. The van der Waals surface area contributed by atoms with Gasteiger partial charge in [0.1, 0.15) is 33.5 Å². The fourth-order valence-electron chi connectivity index (χ4n) is 6.07. The lowest BCUT2D eigenvalue weighted by Gasteiger charge is -2.30. The van der Waals surface area contributed by atoms with Gasteiger partial charge in [-0.15, -0.1) is 4.80 Å². The third-order valence-electron chi connectivity index (χ3n) is 8.18. The molecule has 1 N–H and O–H groups in total. The van der Waals surface area contributed by atoms with Crippen LogP contribution in [0.3, 0.4) is 0 Å². The lowest BCUT2D eigenvalue weighted by molar-refractivity contribution is -0.126. The molecular weight excluding hydrogens is 563 g/mol. The Bertz CT molecular complexity index is 1720. The van der Waals surface area contributed by atoms with Gasteiger partial charge in [0.15, 0.2) is 0 Å². The van der Waals surface area contributed by atoms with Gasteiger partial charge in [-0.2, -0.15) is 10.2 Å². The first-order valence-corrected chi connectivity index (χ1v) is 15.1.